The van der Waals surface area contributed by atoms with Crippen LogP contribution in [0.3, 0.4) is 0 Å². The molecule has 5 nitrogen and oxygen atoms in total. The van der Waals surface area contributed by atoms with Crippen molar-refractivity contribution in [2.24, 2.45) is 5.73 Å². The molecule has 2 aromatic rings. The maximum atomic E-state index is 11.7. The minimum atomic E-state index is -0.234. The first-order valence-corrected chi connectivity index (χ1v) is 6.67. The first-order valence-electron chi connectivity index (χ1n) is 6.26. The molecule has 0 atom stereocenters. The van der Waals surface area contributed by atoms with Crippen LogP contribution in [0.25, 0.3) is 11.3 Å². The normalized spacial score (nSPS) is 10.0. The highest BCUT2D eigenvalue weighted by atomic mass is 35.5. The molecule has 0 amide bonds. The third-order valence-electron chi connectivity index (χ3n) is 3.02. The van der Waals surface area contributed by atoms with Gasteiger partial charge in [0.1, 0.15) is 5.75 Å². The van der Waals surface area contributed by atoms with E-state index in [0.29, 0.717) is 29.3 Å². The molecule has 0 aliphatic heterocycles. The molecule has 0 spiro atoms. The van der Waals surface area contributed by atoms with Crippen molar-refractivity contribution in [3.05, 3.63) is 45.0 Å². The molecule has 114 valence electrons. The molecule has 0 bridgehead atoms. The highest BCUT2D eigenvalue weighted by Crippen LogP contribution is 2.30. The van der Waals surface area contributed by atoms with E-state index in [1.54, 1.807) is 7.11 Å². The van der Waals surface area contributed by atoms with Gasteiger partial charge in [0.2, 0.25) is 0 Å². The summed E-state index contributed by atoms with van der Waals surface area (Å²) in [6.07, 6.45) is 0. The Labute approximate surface area is 134 Å². The molecule has 21 heavy (non-hydrogen) atoms. The molecule has 3 N–H and O–H groups in total. The molecule has 1 aromatic carbocycles. The number of H-pyrrole nitrogens is 1. The van der Waals surface area contributed by atoms with Crippen molar-refractivity contribution in [2.45, 2.75) is 13.5 Å². The molecular weight excluding hydrogens is 310 g/mol. The van der Waals surface area contributed by atoms with Crippen LogP contribution in [0.1, 0.15) is 5.56 Å². The molecule has 1 heterocycles. The zero-order valence-corrected chi connectivity index (χ0v) is 13.5. The number of benzene rings is 1. The molecule has 0 aliphatic rings. The molecular formula is C14H18ClN3O2S. The average Bonchev–Trinajstić information content (AvgIpc) is 2.41. The topological polar surface area (TPSA) is 73.0 Å². The number of nitrogens with one attached hydrogen (secondary N) is 1. The Morgan fingerprint density at radius 2 is 2.10 bits per heavy atom. The summed E-state index contributed by atoms with van der Waals surface area (Å²) >= 11 is 5.22. The van der Waals surface area contributed by atoms with Gasteiger partial charge in [-0.1, -0.05) is 11.6 Å². The number of halogens is 1. The lowest BCUT2D eigenvalue weighted by molar-refractivity contribution is 0.416. The van der Waals surface area contributed by atoms with Crippen molar-refractivity contribution in [1.82, 2.24) is 9.55 Å². The molecule has 0 aliphatic carbocycles. The quantitative estimate of drug-likeness (QED) is 0.845. The van der Waals surface area contributed by atoms with E-state index in [2.05, 4.69) is 4.98 Å². The van der Waals surface area contributed by atoms with Crippen LogP contribution in [0.5, 0.6) is 5.75 Å². The molecule has 0 fully saturated rings. The first-order chi connectivity index (χ1) is 9.56. The van der Waals surface area contributed by atoms with Crippen LogP contribution in [0.15, 0.2) is 29.1 Å². The molecule has 7 heteroatoms. The lowest BCUT2D eigenvalue weighted by atomic mass is 10.1. The monoisotopic (exact) mass is 327 g/mol. The van der Waals surface area contributed by atoms with Crippen molar-refractivity contribution in [3.63, 3.8) is 0 Å². The second-order valence-corrected chi connectivity index (χ2v) is 4.85. The number of methoxy groups -OCH3 is 1. The molecule has 0 radical (unpaired) electrons. The van der Waals surface area contributed by atoms with Crippen molar-refractivity contribution in [3.8, 4) is 17.0 Å². The van der Waals surface area contributed by atoms with Gasteiger partial charge >= 0.3 is 0 Å². The maximum absolute atomic E-state index is 11.7. The van der Waals surface area contributed by atoms with Crippen LogP contribution in [0.2, 0.25) is 0 Å². The lowest BCUT2D eigenvalue weighted by Crippen LogP contribution is -2.19. The van der Waals surface area contributed by atoms with E-state index in [9.17, 15) is 4.79 Å². The number of hydrogen-bond donors (Lipinski definition) is 2. The summed E-state index contributed by atoms with van der Waals surface area (Å²) < 4.78 is 7.55. The predicted molar refractivity (Wildman–Crippen MR) is 88.9 cm³/mol. The molecule has 0 saturated heterocycles. The van der Waals surface area contributed by atoms with Gasteiger partial charge in [0.05, 0.1) is 12.8 Å². The summed E-state index contributed by atoms with van der Waals surface area (Å²) in [5, 5.41) is 0. The van der Waals surface area contributed by atoms with Crippen molar-refractivity contribution in [2.75, 3.05) is 13.7 Å². The molecule has 0 unspecified atom stereocenters. The zero-order chi connectivity index (χ0) is 14.7. The van der Waals surface area contributed by atoms with E-state index in [4.69, 9.17) is 22.7 Å². The minimum absolute atomic E-state index is 0. The number of aromatic amines is 1. The van der Waals surface area contributed by atoms with Gasteiger partial charge in [0, 0.05) is 24.7 Å². The highest BCUT2D eigenvalue weighted by Gasteiger charge is 2.11. The van der Waals surface area contributed by atoms with Crippen LogP contribution in [0.4, 0.5) is 0 Å². The Balaban J connectivity index is 0.00000220. The summed E-state index contributed by atoms with van der Waals surface area (Å²) in [7, 11) is 1.60. The van der Waals surface area contributed by atoms with E-state index >= 15 is 0 Å². The van der Waals surface area contributed by atoms with Gasteiger partial charge in [-0.2, -0.15) is 0 Å². The average molecular weight is 328 g/mol. The van der Waals surface area contributed by atoms with Gasteiger partial charge in [-0.15, -0.1) is 12.4 Å². The Bertz CT molecular complexity index is 740. The second-order valence-electron chi connectivity index (χ2n) is 4.47. The Morgan fingerprint density at radius 3 is 2.71 bits per heavy atom. The van der Waals surface area contributed by atoms with E-state index < -0.39 is 0 Å². The summed E-state index contributed by atoms with van der Waals surface area (Å²) in [5.74, 6) is 0.696. The molecule has 1 aromatic heterocycles. The zero-order valence-electron chi connectivity index (χ0n) is 11.9. The standard InChI is InChI=1S/C14H17N3O2S.ClH/c1-9-3-4-12(19-2)10(7-9)11-8-13(18)16-14(20)17(11)6-5-15;/h3-4,7-8H,5-6,15H2,1-2H3,(H,16,18,20);1H. The summed E-state index contributed by atoms with van der Waals surface area (Å²) in [4.78, 5) is 14.3. The van der Waals surface area contributed by atoms with Crippen molar-refractivity contribution < 1.29 is 4.74 Å². The first kappa shape index (κ1) is 17.4. The number of nitrogens with two attached hydrogens (primary N) is 1. The second kappa shape index (κ2) is 7.40. The fourth-order valence-corrected chi connectivity index (χ4v) is 2.41. The summed E-state index contributed by atoms with van der Waals surface area (Å²) in [6.45, 7) is 2.95. The van der Waals surface area contributed by atoms with Gasteiger partial charge in [-0.3, -0.25) is 9.78 Å². The van der Waals surface area contributed by atoms with Gasteiger partial charge in [-0.05, 0) is 31.3 Å². The third-order valence-corrected chi connectivity index (χ3v) is 3.34. The summed E-state index contributed by atoms with van der Waals surface area (Å²) in [5.41, 5.74) is 8.01. The number of ether oxygens (including phenoxy) is 1. The number of nitrogens with zero attached hydrogens (tertiary/aromatic N) is 1. The summed E-state index contributed by atoms with van der Waals surface area (Å²) in [6, 6.07) is 7.32. The Kier molecular flexibility index (Phi) is 6.14. The third kappa shape index (κ3) is 3.72. The van der Waals surface area contributed by atoms with Crippen molar-refractivity contribution >= 4 is 24.6 Å². The fraction of sp³-hybridized carbons (Fsp3) is 0.286. The number of hydrogen-bond acceptors (Lipinski definition) is 4. The largest absolute Gasteiger partial charge is 0.496 e. The van der Waals surface area contributed by atoms with Gasteiger partial charge in [-0.25, -0.2) is 0 Å². The predicted octanol–water partition coefficient (Wildman–Crippen LogP) is 2.27. The van der Waals surface area contributed by atoms with Gasteiger partial charge < -0.3 is 15.0 Å². The molecule has 0 saturated carbocycles. The SMILES string of the molecule is COc1ccc(C)cc1-c1cc(=O)[nH]c(=S)n1CCN.Cl. The van der Waals surface area contributed by atoms with Crippen molar-refractivity contribution in [1.29, 1.82) is 0 Å². The smallest absolute Gasteiger partial charge is 0.252 e. The van der Waals surface area contributed by atoms with Crippen LogP contribution < -0.4 is 16.0 Å². The Morgan fingerprint density at radius 1 is 1.38 bits per heavy atom. The highest BCUT2D eigenvalue weighted by molar-refractivity contribution is 7.71. The molecule has 2 rings (SSSR count). The van der Waals surface area contributed by atoms with Crippen LogP contribution in [-0.4, -0.2) is 23.2 Å². The van der Waals surface area contributed by atoms with Crippen LogP contribution >= 0.6 is 24.6 Å². The van der Waals surface area contributed by atoms with Crippen LogP contribution in [-0.2, 0) is 6.54 Å². The van der Waals surface area contributed by atoms with E-state index in [1.165, 1.54) is 6.07 Å². The Hall–Kier alpha value is -1.63. The minimum Gasteiger partial charge on any atom is -0.496 e. The number of rotatable bonds is 4. The van der Waals surface area contributed by atoms with E-state index in [0.717, 1.165) is 11.1 Å². The number of aromatic nitrogens is 2. The fourth-order valence-electron chi connectivity index (χ4n) is 2.12. The van der Waals surface area contributed by atoms with E-state index in [1.807, 2.05) is 29.7 Å². The number of aryl methyl sites for hydroxylation is 1. The maximum Gasteiger partial charge on any atom is 0.252 e. The van der Waals surface area contributed by atoms with Gasteiger partial charge in [0.25, 0.3) is 5.56 Å². The van der Waals surface area contributed by atoms with E-state index in [-0.39, 0.29) is 18.0 Å². The van der Waals surface area contributed by atoms with Crippen LogP contribution in [0, 0.1) is 11.7 Å². The lowest BCUT2D eigenvalue weighted by Gasteiger charge is -2.15. The van der Waals surface area contributed by atoms with Gasteiger partial charge in [0.15, 0.2) is 4.77 Å².